The molecule has 0 unspecified atom stereocenters. The van der Waals surface area contributed by atoms with Crippen LogP contribution in [0.4, 0.5) is 0 Å². The SMILES string of the molecule is C/C=C(\C)CC.C=CCC.CCCCCCC[C@@H](C)CC.CN. The Kier molecular flexibility index (Phi) is 43.7. The van der Waals surface area contributed by atoms with Gasteiger partial charge in [0.2, 0.25) is 0 Å². The van der Waals surface area contributed by atoms with Crippen molar-refractivity contribution in [1.82, 2.24) is 0 Å². The second kappa shape index (κ2) is 33.1. The predicted octanol–water partition coefficient (Wildman–Crippen LogP) is 7.91. The van der Waals surface area contributed by atoms with Gasteiger partial charge < -0.3 is 5.73 Å². The minimum atomic E-state index is 0.955. The third-order valence-corrected chi connectivity index (χ3v) is 3.84. The van der Waals surface area contributed by atoms with E-state index in [1.165, 1.54) is 64.0 Å². The summed E-state index contributed by atoms with van der Waals surface area (Å²) in [6, 6.07) is 0. The lowest BCUT2D eigenvalue weighted by Gasteiger charge is -2.06. The number of allylic oxidation sites excluding steroid dienone is 3. The van der Waals surface area contributed by atoms with E-state index in [2.05, 4.69) is 66.9 Å². The van der Waals surface area contributed by atoms with E-state index in [-0.39, 0.29) is 0 Å². The first kappa shape index (κ1) is 30.3. The quantitative estimate of drug-likeness (QED) is 0.338. The Bertz CT molecular complexity index is 206. The Hall–Kier alpha value is -0.560. The van der Waals surface area contributed by atoms with Crippen LogP contribution in [-0.4, -0.2) is 7.05 Å². The fourth-order valence-electron chi connectivity index (χ4n) is 1.50. The third-order valence-electron chi connectivity index (χ3n) is 3.84. The zero-order chi connectivity index (χ0) is 18.9. The summed E-state index contributed by atoms with van der Waals surface area (Å²) in [7, 11) is 1.50. The molecule has 0 aromatic heterocycles. The van der Waals surface area contributed by atoms with Crippen molar-refractivity contribution in [3.63, 3.8) is 0 Å². The van der Waals surface area contributed by atoms with Crippen molar-refractivity contribution in [1.29, 1.82) is 0 Å². The molecule has 2 N–H and O–H groups in total. The van der Waals surface area contributed by atoms with Crippen molar-refractivity contribution in [2.24, 2.45) is 11.7 Å². The summed E-state index contributed by atoms with van der Waals surface area (Å²) < 4.78 is 0. The third kappa shape index (κ3) is 44.9. The summed E-state index contributed by atoms with van der Waals surface area (Å²) in [5.41, 5.74) is 5.97. The minimum Gasteiger partial charge on any atom is -0.333 e. The lowest BCUT2D eigenvalue weighted by Crippen LogP contribution is -1.91. The molecule has 0 aliphatic carbocycles. The fraction of sp³-hybridized carbons (Fsp3) is 0.818. The van der Waals surface area contributed by atoms with E-state index in [1.807, 2.05) is 6.08 Å². The van der Waals surface area contributed by atoms with Crippen LogP contribution in [0.25, 0.3) is 0 Å². The van der Waals surface area contributed by atoms with Crippen LogP contribution < -0.4 is 5.73 Å². The Labute approximate surface area is 149 Å². The average Bonchev–Trinajstić information content (AvgIpc) is 2.62. The van der Waals surface area contributed by atoms with Gasteiger partial charge in [-0.3, -0.25) is 0 Å². The Morgan fingerprint density at radius 3 is 1.74 bits per heavy atom. The van der Waals surface area contributed by atoms with Gasteiger partial charge in [0, 0.05) is 0 Å². The number of nitrogens with two attached hydrogens (primary N) is 1. The molecule has 0 bridgehead atoms. The zero-order valence-corrected chi connectivity index (χ0v) is 17.9. The van der Waals surface area contributed by atoms with Crippen molar-refractivity contribution >= 4 is 0 Å². The molecule has 0 aromatic carbocycles. The van der Waals surface area contributed by atoms with E-state index >= 15 is 0 Å². The van der Waals surface area contributed by atoms with Crippen LogP contribution in [0, 0.1) is 5.92 Å². The minimum absolute atomic E-state index is 0.955. The summed E-state index contributed by atoms with van der Waals surface area (Å²) in [6.45, 7) is 18.8. The highest BCUT2D eigenvalue weighted by Gasteiger charge is 1.97. The Morgan fingerprint density at radius 2 is 1.48 bits per heavy atom. The summed E-state index contributed by atoms with van der Waals surface area (Å²) in [6.07, 6.45) is 16.2. The molecule has 0 radical (unpaired) electrons. The molecule has 0 amide bonds. The monoisotopic (exact) mass is 327 g/mol. The second-order valence-corrected chi connectivity index (χ2v) is 5.90. The number of hydrogen-bond acceptors (Lipinski definition) is 1. The molecule has 1 heteroatoms. The molecule has 0 saturated carbocycles. The molecule has 142 valence electrons. The van der Waals surface area contributed by atoms with Crippen LogP contribution in [0.2, 0.25) is 0 Å². The second-order valence-electron chi connectivity index (χ2n) is 5.90. The molecule has 0 heterocycles. The van der Waals surface area contributed by atoms with Crippen LogP contribution in [0.15, 0.2) is 24.3 Å². The van der Waals surface area contributed by atoms with E-state index in [9.17, 15) is 0 Å². The number of hydrogen-bond donors (Lipinski definition) is 1. The van der Waals surface area contributed by atoms with Gasteiger partial charge in [0.05, 0.1) is 0 Å². The van der Waals surface area contributed by atoms with Crippen molar-refractivity contribution < 1.29 is 0 Å². The van der Waals surface area contributed by atoms with Crippen molar-refractivity contribution in [3.05, 3.63) is 24.3 Å². The first-order valence-corrected chi connectivity index (χ1v) is 9.84. The normalized spacial score (nSPS) is 10.9. The topological polar surface area (TPSA) is 26.0 Å². The molecule has 0 fully saturated rings. The number of unbranched alkanes of at least 4 members (excludes halogenated alkanes) is 4. The van der Waals surface area contributed by atoms with Gasteiger partial charge in [0.25, 0.3) is 0 Å². The predicted molar refractivity (Wildman–Crippen MR) is 113 cm³/mol. The van der Waals surface area contributed by atoms with E-state index in [1.54, 1.807) is 0 Å². The van der Waals surface area contributed by atoms with E-state index in [0.717, 1.165) is 12.3 Å². The van der Waals surface area contributed by atoms with E-state index in [0.29, 0.717) is 0 Å². The van der Waals surface area contributed by atoms with Gasteiger partial charge in [-0.15, -0.1) is 6.58 Å². The maximum absolute atomic E-state index is 4.50. The van der Waals surface area contributed by atoms with Crippen molar-refractivity contribution in [3.8, 4) is 0 Å². The molecular formula is C22H49N. The van der Waals surface area contributed by atoms with Gasteiger partial charge in [-0.25, -0.2) is 0 Å². The van der Waals surface area contributed by atoms with Crippen LogP contribution >= 0.6 is 0 Å². The molecule has 1 nitrogen and oxygen atoms in total. The summed E-state index contributed by atoms with van der Waals surface area (Å²) >= 11 is 0. The standard InChI is InChI=1S/C11H24.C6H12.C4H8.CH5N/c1-4-6-7-8-9-10-11(3)5-2;1-4-6(3)5-2;1-3-4-2;1-2/h11H,4-10H2,1-3H3;4H,5H2,1-3H3;3H,1,4H2,2H3;2H2,1H3/b;6-4+;;/t11-;;;/m0.../s1. The molecule has 0 aromatic rings. The van der Waals surface area contributed by atoms with Gasteiger partial charge in [0.1, 0.15) is 0 Å². The summed E-state index contributed by atoms with van der Waals surface area (Å²) in [5.74, 6) is 0.955. The summed E-state index contributed by atoms with van der Waals surface area (Å²) in [5, 5.41) is 0. The number of rotatable bonds is 9. The maximum atomic E-state index is 4.50. The lowest BCUT2D eigenvalue weighted by molar-refractivity contribution is 0.474. The Balaban J connectivity index is -0.000000127. The Morgan fingerprint density at radius 1 is 1.00 bits per heavy atom. The molecule has 1 atom stereocenters. The molecule has 0 spiro atoms. The maximum Gasteiger partial charge on any atom is -0.0195 e. The van der Waals surface area contributed by atoms with Gasteiger partial charge in [-0.05, 0) is 39.7 Å². The average molecular weight is 328 g/mol. The zero-order valence-electron chi connectivity index (χ0n) is 17.9. The van der Waals surface area contributed by atoms with Crippen molar-refractivity contribution in [2.75, 3.05) is 7.05 Å². The molecular weight excluding hydrogens is 278 g/mol. The molecule has 23 heavy (non-hydrogen) atoms. The van der Waals surface area contributed by atoms with Gasteiger partial charge in [0.15, 0.2) is 0 Å². The molecule has 0 aliphatic rings. The first-order valence-electron chi connectivity index (χ1n) is 9.84. The van der Waals surface area contributed by atoms with E-state index in [4.69, 9.17) is 0 Å². The highest BCUT2D eigenvalue weighted by Crippen LogP contribution is 2.13. The molecule has 0 saturated heterocycles. The summed E-state index contributed by atoms with van der Waals surface area (Å²) in [4.78, 5) is 0. The van der Waals surface area contributed by atoms with Crippen LogP contribution in [0.1, 0.15) is 106 Å². The highest BCUT2D eigenvalue weighted by molar-refractivity contribution is 4.93. The van der Waals surface area contributed by atoms with Crippen LogP contribution in [0.5, 0.6) is 0 Å². The van der Waals surface area contributed by atoms with Crippen LogP contribution in [-0.2, 0) is 0 Å². The lowest BCUT2D eigenvalue weighted by atomic mass is 10.0. The fourth-order valence-corrected chi connectivity index (χ4v) is 1.50. The molecule has 0 aliphatic heterocycles. The highest BCUT2D eigenvalue weighted by atomic mass is 14.4. The van der Waals surface area contributed by atoms with E-state index < -0.39 is 0 Å². The van der Waals surface area contributed by atoms with Gasteiger partial charge in [-0.2, -0.15) is 0 Å². The first-order chi connectivity index (χ1) is 11.0. The van der Waals surface area contributed by atoms with Gasteiger partial charge >= 0.3 is 0 Å². The molecule has 0 rings (SSSR count). The van der Waals surface area contributed by atoms with Gasteiger partial charge in [-0.1, -0.05) is 97.3 Å². The van der Waals surface area contributed by atoms with Crippen LogP contribution in [0.3, 0.4) is 0 Å². The van der Waals surface area contributed by atoms with Crippen molar-refractivity contribution in [2.45, 2.75) is 106 Å². The smallest absolute Gasteiger partial charge is 0.0195 e. The largest absolute Gasteiger partial charge is 0.333 e.